The van der Waals surface area contributed by atoms with Crippen LogP contribution in [0.1, 0.15) is 12.8 Å². The number of alkyl halides is 4. The van der Waals surface area contributed by atoms with Gasteiger partial charge in [-0.2, -0.15) is 9.78 Å². The molecule has 0 N–H and O–H groups in total. The standard InChI is InChI=1S/C4H4Cl4O2/c5-3(6)1-2-4(7,8)10-9-3/h1-2H2. The molecule has 0 atom stereocenters. The molecule has 0 unspecified atom stereocenters. The zero-order valence-electron chi connectivity index (χ0n) is 4.74. The predicted octanol–water partition coefficient (Wildman–Crippen LogP) is 2.99. The third-order valence-corrected chi connectivity index (χ3v) is 2.00. The molecule has 1 fully saturated rings. The second kappa shape index (κ2) is 2.85. The second-order valence-electron chi connectivity index (χ2n) is 1.94. The number of hydrogen-bond acceptors (Lipinski definition) is 2. The van der Waals surface area contributed by atoms with E-state index in [2.05, 4.69) is 9.78 Å². The van der Waals surface area contributed by atoms with Crippen LogP contribution < -0.4 is 0 Å². The highest BCUT2D eigenvalue weighted by molar-refractivity contribution is 6.49. The first-order chi connectivity index (χ1) is 4.41. The van der Waals surface area contributed by atoms with Crippen molar-refractivity contribution in [3.63, 3.8) is 0 Å². The fourth-order valence-corrected chi connectivity index (χ4v) is 1.00. The molecule has 0 aromatic carbocycles. The fourth-order valence-electron chi connectivity index (χ4n) is 0.496. The number of hydrogen-bond donors (Lipinski definition) is 0. The van der Waals surface area contributed by atoms with Crippen LogP contribution in [0.25, 0.3) is 0 Å². The second-order valence-corrected chi connectivity index (χ2v) is 4.77. The molecule has 0 saturated carbocycles. The molecule has 1 saturated heterocycles. The summed E-state index contributed by atoms with van der Waals surface area (Å²) in [6.45, 7) is 0. The maximum absolute atomic E-state index is 5.50. The van der Waals surface area contributed by atoms with Gasteiger partial charge in [0.15, 0.2) is 0 Å². The summed E-state index contributed by atoms with van der Waals surface area (Å²) in [7, 11) is 0. The van der Waals surface area contributed by atoms with Gasteiger partial charge in [0.1, 0.15) is 0 Å². The van der Waals surface area contributed by atoms with E-state index in [1.165, 1.54) is 0 Å². The van der Waals surface area contributed by atoms with E-state index in [1.54, 1.807) is 0 Å². The first kappa shape index (κ1) is 9.17. The minimum Gasteiger partial charge on any atom is -0.194 e. The Hall–Kier alpha value is 1.08. The number of halogens is 4. The Balaban J connectivity index is 2.46. The minimum absolute atomic E-state index is 0.336. The van der Waals surface area contributed by atoms with E-state index in [-0.39, 0.29) is 0 Å². The van der Waals surface area contributed by atoms with Gasteiger partial charge in [-0.25, -0.2) is 0 Å². The Morgan fingerprint density at radius 3 is 1.30 bits per heavy atom. The van der Waals surface area contributed by atoms with Crippen molar-refractivity contribution in [1.82, 2.24) is 0 Å². The summed E-state index contributed by atoms with van der Waals surface area (Å²) < 4.78 is -2.62. The molecule has 1 rings (SSSR count). The van der Waals surface area contributed by atoms with Crippen LogP contribution >= 0.6 is 46.4 Å². The van der Waals surface area contributed by atoms with Crippen LogP contribution in [-0.4, -0.2) is 9.04 Å². The molecule has 0 bridgehead atoms. The topological polar surface area (TPSA) is 18.5 Å². The molecule has 0 radical (unpaired) electrons. The van der Waals surface area contributed by atoms with Gasteiger partial charge < -0.3 is 0 Å². The molecule has 2 nitrogen and oxygen atoms in total. The van der Waals surface area contributed by atoms with Gasteiger partial charge in [0, 0.05) is 12.8 Å². The van der Waals surface area contributed by atoms with Crippen LogP contribution in [0.4, 0.5) is 0 Å². The van der Waals surface area contributed by atoms with Gasteiger partial charge >= 0.3 is 0 Å². The van der Waals surface area contributed by atoms with Crippen LogP contribution in [0.2, 0.25) is 0 Å². The van der Waals surface area contributed by atoms with Crippen molar-refractivity contribution in [3.8, 4) is 0 Å². The molecule has 1 aliphatic rings. The van der Waals surface area contributed by atoms with Crippen LogP contribution in [0.5, 0.6) is 0 Å². The third-order valence-electron chi connectivity index (χ3n) is 0.993. The highest BCUT2D eigenvalue weighted by Crippen LogP contribution is 2.42. The molecule has 1 heterocycles. The van der Waals surface area contributed by atoms with Crippen LogP contribution in [-0.2, 0) is 9.78 Å². The fraction of sp³-hybridized carbons (Fsp3) is 1.00. The van der Waals surface area contributed by atoms with Crippen molar-refractivity contribution in [2.45, 2.75) is 21.9 Å². The average molecular weight is 226 g/mol. The zero-order valence-corrected chi connectivity index (χ0v) is 7.77. The molecule has 1 aliphatic heterocycles. The van der Waals surface area contributed by atoms with E-state index in [0.29, 0.717) is 12.8 Å². The molecule has 0 amide bonds. The summed E-state index contributed by atoms with van der Waals surface area (Å²) in [6, 6.07) is 0. The molecule has 6 heteroatoms. The van der Waals surface area contributed by atoms with Gasteiger partial charge in [0.2, 0.25) is 9.04 Å². The Bertz CT molecular complexity index is 107. The third kappa shape index (κ3) is 2.61. The summed E-state index contributed by atoms with van der Waals surface area (Å²) in [5.41, 5.74) is 0. The lowest BCUT2D eigenvalue weighted by Crippen LogP contribution is -2.33. The lowest BCUT2D eigenvalue weighted by Gasteiger charge is -2.30. The normalized spacial score (nSPS) is 30.0. The average Bonchev–Trinajstić information content (AvgIpc) is 1.79. The SMILES string of the molecule is ClC1(Cl)CCC(Cl)(Cl)OO1. The van der Waals surface area contributed by atoms with E-state index in [1.807, 2.05) is 0 Å². The zero-order chi connectivity index (χ0) is 7.83. The highest BCUT2D eigenvalue weighted by Gasteiger charge is 2.41. The first-order valence-corrected chi connectivity index (χ1v) is 4.05. The van der Waals surface area contributed by atoms with Crippen LogP contribution in [0, 0.1) is 0 Å². The van der Waals surface area contributed by atoms with Gasteiger partial charge in [-0.05, 0) is 0 Å². The van der Waals surface area contributed by atoms with E-state index in [0.717, 1.165) is 0 Å². The Morgan fingerprint density at radius 2 is 1.10 bits per heavy atom. The maximum atomic E-state index is 5.50. The van der Waals surface area contributed by atoms with Crippen molar-refractivity contribution in [1.29, 1.82) is 0 Å². The molecule has 0 aromatic rings. The molecule has 0 aliphatic carbocycles. The summed E-state index contributed by atoms with van der Waals surface area (Å²) in [4.78, 5) is 8.90. The van der Waals surface area contributed by atoms with E-state index >= 15 is 0 Å². The van der Waals surface area contributed by atoms with Crippen molar-refractivity contribution in [3.05, 3.63) is 0 Å². The largest absolute Gasteiger partial charge is 0.250 e. The van der Waals surface area contributed by atoms with Crippen molar-refractivity contribution < 1.29 is 9.78 Å². The van der Waals surface area contributed by atoms with Crippen molar-refractivity contribution in [2.75, 3.05) is 0 Å². The molecular formula is C4H4Cl4O2. The quantitative estimate of drug-likeness (QED) is 0.466. The molecule has 0 spiro atoms. The summed E-state index contributed by atoms with van der Waals surface area (Å²) in [6.07, 6.45) is 0.673. The Labute approximate surface area is 78.2 Å². The predicted molar refractivity (Wildman–Crippen MR) is 40.3 cm³/mol. The molecule has 60 valence electrons. The Kier molecular flexibility index (Phi) is 2.61. The lowest BCUT2D eigenvalue weighted by atomic mass is 10.3. The summed E-state index contributed by atoms with van der Waals surface area (Å²) in [5.74, 6) is 0. The van der Waals surface area contributed by atoms with Gasteiger partial charge in [-0.15, -0.1) is 0 Å². The Morgan fingerprint density at radius 1 is 0.800 bits per heavy atom. The van der Waals surface area contributed by atoms with Gasteiger partial charge in [0.05, 0.1) is 0 Å². The van der Waals surface area contributed by atoms with E-state index in [4.69, 9.17) is 46.4 Å². The molecule has 0 aromatic heterocycles. The lowest BCUT2D eigenvalue weighted by molar-refractivity contribution is -0.362. The summed E-state index contributed by atoms with van der Waals surface area (Å²) in [5, 5.41) is 0. The van der Waals surface area contributed by atoms with Crippen molar-refractivity contribution in [2.24, 2.45) is 0 Å². The van der Waals surface area contributed by atoms with Crippen LogP contribution in [0.3, 0.4) is 0 Å². The molecular weight excluding hydrogens is 222 g/mol. The minimum atomic E-state index is -1.31. The molecule has 10 heavy (non-hydrogen) atoms. The monoisotopic (exact) mass is 224 g/mol. The van der Waals surface area contributed by atoms with Gasteiger partial charge in [-0.3, -0.25) is 0 Å². The first-order valence-electron chi connectivity index (χ1n) is 2.54. The number of rotatable bonds is 0. The smallest absolute Gasteiger partial charge is 0.194 e. The summed E-state index contributed by atoms with van der Waals surface area (Å²) >= 11 is 22.0. The van der Waals surface area contributed by atoms with Crippen molar-refractivity contribution >= 4 is 46.4 Å². The van der Waals surface area contributed by atoms with Crippen LogP contribution in [0.15, 0.2) is 0 Å². The van der Waals surface area contributed by atoms with Gasteiger partial charge in [-0.1, -0.05) is 46.4 Å². The highest BCUT2D eigenvalue weighted by atomic mass is 35.5. The van der Waals surface area contributed by atoms with E-state index in [9.17, 15) is 0 Å². The van der Waals surface area contributed by atoms with E-state index < -0.39 is 9.04 Å². The van der Waals surface area contributed by atoms with Gasteiger partial charge in [0.25, 0.3) is 0 Å². The maximum Gasteiger partial charge on any atom is 0.250 e.